The van der Waals surface area contributed by atoms with Crippen LogP contribution in [0.15, 0.2) is 11.6 Å². The van der Waals surface area contributed by atoms with Gasteiger partial charge in [0.1, 0.15) is 11.0 Å². The van der Waals surface area contributed by atoms with Crippen LogP contribution in [0.4, 0.5) is 4.79 Å². The zero-order valence-electron chi connectivity index (χ0n) is 19.6. The van der Waals surface area contributed by atoms with Crippen molar-refractivity contribution < 1.29 is 27.3 Å². The molecule has 2 saturated carbocycles. The van der Waals surface area contributed by atoms with Crippen LogP contribution in [0.2, 0.25) is 0 Å². The lowest BCUT2D eigenvalue weighted by atomic mass is 9.82. The summed E-state index contributed by atoms with van der Waals surface area (Å²) in [5.74, 6) is 0.433. The first kappa shape index (κ1) is 26.8. The van der Waals surface area contributed by atoms with Crippen LogP contribution in [0.1, 0.15) is 81.7 Å². The minimum Gasteiger partial charge on any atom is -0.453 e. The first-order valence-electron chi connectivity index (χ1n) is 12.0. The molecule has 2 amide bonds. The third kappa shape index (κ3) is 8.79. The normalized spacial score (nSPS) is 23.6. The fourth-order valence-corrected chi connectivity index (χ4v) is 6.51. The summed E-state index contributed by atoms with van der Waals surface area (Å²) in [5.41, 5.74) is 0. The maximum absolute atomic E-state index is 13.3. The van der Waals surface area contributed by atoms with Crippen molar-refractivity contribution in [3.05, 3.63) is 16.6 Å². The summed E-state index contributed by atoms with van der Waals surface area (Å²) in [6.45, 7) is 0. The van der Waals surface area contributed by atoms with Gasteiger partial charge in [0.05, 0.1) is 13.2 Å². The molecule has 3 rings (SSSR count). The van der Waals surface area contributed by atoms with E-state index in [-0.39, 0.29) is 23.9 Å². The minimum atomic E-state index is -4.21. The maximum atomic E-state index is 13.3. The third-order valence-electron chi connectivity index (χ3n) is 6.89. The molecule has 2 aliphatic carbocycles. The van der Waals surface area contributed by atoms with Crippen molar-refractivity contribution in [3.63, 3.8) is 0 Å². The lowest BCUT2D eigenvalue weighted by Gasteiger charge is -2.31. The molecule has 1 heterocycles. The summed E-state index contributed by atoms with van der Waals surface area (Å²) in [7, 11) is -2.92. The number of alkyl carbamates (subject to hydrolysis) is 1. The molecular weight excluding hydrogens is 480 g/mol. The lowest BCUT2D eigenvalue weighted by molar-refractivity contribution is -0.124. The Morgan fingerprint density at radius 2 is 1.76 bits per heavy atom. The number of amides is 2. The van der Waals surface area contributed by atoms with E-state index >= 15 is 0 Å². The molecule has 0 unspecified atom stereocenters. The molecule has 0 saturated heterocycles. The summed E-state index contributed by atoms with van der Waals surface area (Å²) >= 11 is 1.47. The summed E-state index contributed by atoms with van der Waals surface area (Å²) in [4.78, 5) is 29.7. The number of carbonyl (C=O) groups excluding carboxylic acids is 2. The molecule has 0 spiro atoms. The highest BCUT2D eigenvalue weighted by Gasteiger charge is 2.31. The Bertz CT molecular complexity index is 881. The van der Waals surface area contributed by atoms with Crippen LogP contribution in [-0.2, 0) is 19.8 Å². The fraction of sp³-hybridized carbons (Fsp3) is 0.773. The van der Waals surface area contributed by atoms with E-state index in [0.717, 1.165) is 43.5 Å². The predicted molar refractivity (Wildman–Crippen MR) is 129 cm³/mol. The maximum Gasteiger partial charge on any atom is 0.407 e. The number of nitrogens with zero attached hydrogens (tertiary/aromatic N) is 1. The van der Waals surface area contributed by atoms with Crippen molar-refractivity contribution in [2.75, 3.05) is 7.11 Å². The van der Waals surface area contributed by atoms with E-state index in [0.29, 0.717) is 31.6 Å². The third-order valence-corrected chi connectivity index (χ3v) is 8.41. The molecule has 0 aromatic carbocycles. The Morgan fingerprint density at radius 1 is 1.09 bits per heavy atom. The van der Waals surface area contributed by atoms with Gasteiger partial charge in [0.15, 0.2) is 0 Å². The SMILES string of the molecule is COC(=O)N[C@@H](CC1CCCCC1)C(=O)N[C@@H](CC1CCC(NS(=O)(=O)O)CC1)c1nccs1. The molecule has 34 heavy (non-hydrogen) atoms. The van der Waals surface area contributed by atoms with Gasteiger partial charge in [-0.1, -0.05) is 32.1 Å². The summed E-state index contributed by atoms with van der Waals surface area (Å²) in [6.07, 6.45) is 10.8. The highest BCUT2D eigenvalue weighted by Crippen LogP contribution is 2.33. The van der Waals surface area contributed by atoms with Gasteiger partial charge < -0.3 is 15.4 Å². The van der Waals surface area contributed by atoms with E-state index in [1.54, 1.807) is 6.20 Å². The van der Waals surface area contributed by atoms with Crippen LogP contribution in [0.25, 0.3) is 0 Å². The van der Waals surface area contributed by atoms with Gasteiger partial charge in [-0.2, -0.15) is 13.1 Å². The minimum absolute atomic E-state index is 0.238. The van der Waals surface area contributed by atoms with Crippen molar-refractivity contribution in [2.24, 2.45) is 11.8 Å². The van der Waals surface area contributed by atoms with Crippen LogP contribution in [0.3, 0.4) is 0 Å². The molecule has 0 radical (unpaired) electrons. The fourth-order valence-electron chi connectivity index (χ4n) is 5.15. The van der Waals surface area contributed by atoms with Crippen LogP contribution < -0.4 is 15.4 Å². The number of rotatable bonds is 10. The van der Waals surface area contributed by atoms with Crippen molar-refractivity contribution in [3.8, 4) is 0 Å². The van der Waals surface area contributed by atoms with Gasteiger partial charge in [-0.25, -0.2) is 9.78 Å². The van der Waals surface area contributed by atoms with E-state index in [1.807, 2.05) is 5.38 Å². The van der Waals surface area contributed by atoms with Gasteiger partial charge in [0, 0.05) is 17.6 Å². The molecule has 0 bridgehead atoms. The second-order valence-electron chi connectivity index (χ2n) is 9.41. The molecule has 10 nitrogen and oxygen atoms in total. The van der Waals surface area contributed by atoms with Crippen molar-refractivity contribution in [1.82, 2.24) is 20.3 Å². The summed E-state index contributed by atoms with van der Waals surface area (Å²) < 4.78 is 38.2. The zero-order chi connectivity index (χ0) is 24.6. The summed E-state index contributed by atoms with van der Waals surface area (Å²) in [5, 5.41) is 8.51. The topological polar surface area (TPSA) is 147 Å². The van der Waals surface area contributed by atoms with Gasteiger partial charge in [0.2, 0.25) is 5.91 Å². The summed E-state index contributed by atoms with van der Waals surface area (Å²) in [6, 6.07) is -1.24. The first-order chi connectivity index (χ1) is 16.2. The van der Waals surface area contributed by atoms with Crippen LogP contribution >= 0.6 is 11.3 Å². The van der Waals surface area contributed by atoms with E-state index < -0.39 is 22.4 Å². The Balaban J connectivity index is 1.63. The number of thiazole rings is 1. The number of ether oxygens (including phenoxy) is 1. The average molecular weight is 517 g/mol. The number of hydrogen-bond acceptors (Lipinski definition) is 7. The highest BCUT2D eigenvalue weighted by molar-refractivity contribution is 7.83. The molecule has 2 fully saturated rings. The Morgan fingerprint density at radius 3 is 2.35 bits per heavy atom. The van der Waals surface area contributed by atoms with Crippen LogP contribution in [-0.4, -0.2) is 49.1 Å². The molecule has 12 heteroatoms. The van der Waals surface area contributed by atoms with Crippen molar-refractivity contribution in [1.29, 1.82) is 0 Å². The quantitative estimate of drug-likeness (QED) is 0.349. The molecule has 4 N–H and O–H groups in total. The lowest BCUT2D eigenvalue weighted by Crippen LogP contribution is -2.49. The number of carbonyl (C=O) groups is 2. The Hall–Kier alpha value is -1.76. The second kappa shape index (κ2) is 12.8. The predicted octanol–water partition coefficient (Wildman–Crippen LogP) is 3.34. The van der Waals surface area contributed by atoms with Gasteiger partial charge in [-0.05, 0) is 50.4 Å². The molecule has 192 valence electrons. The van der Waals surface area contributed by atoms with Crippen LogP contribution in [0, 0.1) is 11.8 Å². The highest BCUT2D eigenvalue weighted by atomic mass is 32.2. The van der Waals surface area contributed by atoms with E-state index in [9.17, 15) is 18.0 Å². The van der Waals surface area contributed by atoms with Crippen molar-refractivity contribution in [2.45, 2.75) is 88.8 Å². The molecule has 1 aromatic rings. The molecule has 0 aliphatic heterocycles. The second-order valence-corrected chi connectivity index (χ2v) is 11.5. The molecular formula is C22H36N4O6S2. The largest absolute Gasteiger partial charge is 0.453 e. The van der Waals surface area contributed by atoms with Crippen molar-refractivity contribution >= 4 is 33.6 Å². The monoisotopic (exact) mass is 516 g/mol. The van der Waals surface area contributed by atoms with E-state index in [1.165, 1.54) is 24.9 Å². The Kier molecular flexibility index (Phi) is 10.1. The Labute approximate surface area is 205 Å². The van der Waals surface area contributed by atoms with E-state index in [4.69, 9.17) is 9.29 Å². The standard InChI is InChI=1S/C22H36N4O6S2/c1-32-22(28)25-18(13-15-5-3-2-4-6-15)20(27)24-19(21-23-11-12-33-21)14-16-7-9-17(10-8-16)26-34(29,30)31/h11-12,15-19,26H,2-10,13-14H2,1H3,(H,24,27)(H,25,28)(H,29,30,31)/t16?,17?,18-,19-/m0/s1. The molecule has 2 aliphatic rings. The zero-order valence-corrected chi connectivity index (χ0v) is 21.2. The number of nitrogens with one attached hydrogen (secondary N) is 3. The number of hydrogen-bond donors (Lipinski definition) is 4. The average Bonchev–Trinajstić information content (AvgIpc) is 3.34. The van der Waals surface area contributed by atoms with Gasteiger partial charge in [-0.3, -0.25) is 9.35 Å². The van der Waals surface area contributed by atoms with Gasteiger partial charge >= 0.3 is 16.4 Å². The van der Waals surface area contributed by atoms with E-state index in [2.05, 4.69) is 20.3 Å². The number of methoxy groups -OCH3 is 1. The van der Waals surface area contributed by atoms with Gasteiger partial charge in [-0.15, -0.1) is 11.3 Å². The molecule has 1 aromatic heterocycles. The number of aromatic nitrogens is 1. The van der Waals surface area contributed by atoms with Gasteiger partial charge in [0.25, 0.3) is 0 Å². The smallest absolute Gasteiger partial charge is 0.407 e. The molecule has 2 atom stereocenters. The van der Waals surface area contributed by atoms with Crippen LogP contribution in [0.5, 0.6) is 0 Å². The first-order valence-corrected chi connectivity index (χ1v) is 14.3.